The first kappa shape index (κ1) is 26.2. The lowest BCUT2D eigenvalue weighted by molar-refractivity contribution is -0.182. The molecule has 0 aliphatic carbocycles. The summed E-state index contributed by atoms with van der Waals surface area (Å²) < 4.78 is 10.1. The number of nitrogens with one attached hydrogen (secondary N) is 1. The summed E-state index contributed by atoms with van der Waals surface area (Å²) in [5.41, 5.74) is 6.36. The third kappa shape index (κ3) is 5.82. The van der Waals surface area contributed by atoms with Crippen LogP contribution in [0.4, 0.5) is 5.13 Å². The Morgan fingerprint density at radius 1 is 1.40 bits per heavy atom. The fourth-order valence-corrected chi connectivity index (χ4v) is 5.25. The molecule has 2 amide bonds. The highest BCUT2D eigenvalue weighted by Crippen LogP contribution is 2.41. The molecule has 2 aliphatic heterocycles. The molecular weight excluding hydrogens is 498 g/mol. The normalized spacial score (nSPS) is 20.7. The number of nitrogens with two attached hydrogens (primary N) is 1. The Balaban J connectivity index is 1.81. The molecule has 0 aromatic carbocycles. The van der Waals surface area contributed by atoms with Gasteiger partial charge in [-0.15, -0.1) is 23.1 Å². The number of oxime groups is 1. The summed E-state index contributed by atoms with van der Waals surface area (Å²) in [6.45, 7) is 4.53. The van der Waals surface area contributed by atoms with Crippen molar-refractivity contribution in [1.82, 2.24) is 15.2 Å². The second-order valence-corrected chi connectivity index (χ2v) is 9.32. The quantitative estimate of drug-likeness (QED) is 0.158. The number of carbonyl (C=O) groups is 4. The van der Waals surface area contributed by atoms with Crippen LogP contribution in [0.3, 0.4) is 0 Å². The van der Waals surface area contributed by atoms with Crippen molar-refractivity contribution < 1.29 is 33.5 Å². The molecule has 2 unspecified atom stereocenters. The molecular formula is C21H25N5O7S2. The van der Waals surface area contributed by atoms with E-state index in [1.54, 1.807) is 11.5 Å². The smallest absolute Gasteiger partial charge is 0.358 e. The molecule has 1 aromatic rings. The van der Waals surface area contributed by atoms with Crippen molar-refractivity contribution in [3.8, 4) is 0 Å². The van der Waals surface area contributed by atoms with E-state index in [0.29, 0.717) is 11.3 Å². The van der Waals surface area contributed by atoms with Crippen LogP contribution in [0, 0.1) is 0 Å². The van der Waals surface area contributed by atoms with Gasteiger partial charge in [-0.1, -0.05) is 24.2 Å². The SMILES string of the molecule is CC/C=C\C1=C(C(=O)OC(C)OC(C)=O)N2C(=O)C(NC(=O)/C(=N\OC)c3csc(N)n3)[C@H]2SC1. The molecule has 1 fully saturated rings. The molecule has 0 saturated carbocycles. The predicted molar refractivity (Wildman–Crippen MR) is 129 cm³/mol. The lowest BCUT2D eigenvalue weighted by Crippen LogP contribution is -2.71. The van der Waals surface area contributed by atoms with Crippen LogP contribution in [-0.2, 0) is 33.5 Å². The van der Waals surface area contributed by atoms with E-state index in [9.17, 15) is 19.2 Å². The number of ether oxygens (including phenoxy) is 2. The highest BCUT2D eigenvalue weighted by molar-refractivity contribution is 8.00. The van der Waals surface area contributed by atoms with Gasteiger partial charge in [0.25, 0.3) is 11.8 Å². The third-order valence-electron chi connectivity index (χ3n) is 4.80. The van der Waals surface area contributed by atoms with E-state index in [1.165, 1.54) is 37.6 Å². The average molecular weight is 524 g/mol. The lowest BCUT2D eigenvalue weighted by Gasteiger charge is -2.49. The number of carbonyl (C=O) groups excluding carboxylic acids is 4. The molecule has 0 radical (unpaired) electrons. The summed E-state index contributed by atoms with van der Waals surface area (Å²) in [6, 6.07) is -0.920. The van der Waals surface area contributed by atoms with Crippen LogP contribution < -0.4 is 11.1 Å². The van der Waals surface area contributed by atoms with Gasteiger partial charge in [0.1, 0.15) is 29.9 Å². The van der Waals surface area contributed by atoms with Crippen LogP contribution in [0.15, 0.2) is 34.0 Å². The Kier molecular flexibility index (Phi) is 8.51. The Hall–Kier alpha value is -3.39. The van der Waals surface area contributed by atoms with Crippen molar-refractivity contribution in [2.75, 3.05) is 18.6 Å². The van der Waals surface area contributed by atoms with Gasteiger partial charge in [-0.05, 0) is 12.0 Å². The highest BCUT2D eigenvalue weighted by atomic mass is 32.2. The summed E-state index contributed by atoms with van der Waals surface area (Å²) in [5.74, 6) is -2.20. The summed E-state index contributed by atoms with van der Waals surface area (Å²) >= 11 is 2.51. The molecule has 3 atom stereocenters. The number of esters is 2. The number of thioether (sulfide) groups is 1. The van der Waals surface area contributed by atoms with E-state index in [4.69, 9.17) is 20.0 Å². The number of aromatic nitrogens is 1. The van der Waals surface area contributed by atoms with Gasteiger partial charge in [-0.25, -0.2) is 9.78 Å². The number of fused-ring (bicyclic) bond motifs is 1. The standard InChI is InChI=1S/C21H25N5O7S2/c1-5-6-7-12-8-34-19-15(24-17(28)14(25-31-4)13-9-35-21(22)23-13)18(29)26(19)16(12)20(30)33-11(3)32-10(2)27/h6-7,9,11,15,19H,5,8H2,1-4H3,(H2,22,23)(H,24,28)/b7-6-,25-14-/t11?,15?,19-/m1/s1. The zero-order chi connectivity index (χ0) is 25.7. The number of anilines is 1. The van der Waals surface area contributed by atoms with Crippen molar-refractivity contribution in [2.45, 2.75) is 44.9 Å². The number of hydrogen-bond donors (Lipinski definition) is 2. The minimum Gasteiger partial charge on any atom is -0.426 e. The first-order chi connectivity index (χ1) is 16.7. The van der Waals surface area contributed by atoms with E-state index < -0.39 is 41.5 Å². The Labute approximate surface area is 209 Å². The minimum atomic E-state index is -1.14. The number of nitrogen functional groups attached to an aromatic ring is 1. The summed E-state index contributed by atoms with van der Waals surface area (Å²) in [7, 11) is 1.28. The maximum absolute atomic E-state index is 13.1. The maximum Gasteiger partial charge on any atom is 0.358 e. The second-order valence-electron chi connectivity index (χ2n) is 7.32. The molecule has 0 bridgehead atoms. The monoisotopic (exact) mass is 523 g/mol. The van der Waals surface area contributed by atoms with E-state index in [-0.39, 0.29) is 22.2 Å². The zero-order valence-electron chi connectivity index (χ0n) is 19.5. The number of thiazole rings is 1. The molecule has 2 aliphatic rings. The van der Waals surface area contributed by atoms with Crippen LogP contribution >= 0.6 is 23.1 Å². The van der Waals surface area contributed by atoms with Crippen molar-refractivity contribution in [1.29, 1.82) is 0 Å². The fraction of sp³-hybridized carbons (Fsp3) is 0.429. The van der Waals surface area contributed by atoms with Gasteiger partial charge in [0.05, 0.1) is 0 Å². The van der Waals surface area contributed by atoms with Crippen molar-refractivity contribution in [2.24, 2.45) is 5.16 Å². The van der Waals surface area contributed by atoms with Crippen LogP contribution in [-0.4, -0.2) is 69.9 Å². The molecule has 14 heteroatoms. The number of allylic oxidation sites excluding steroid dienone is 2. The number of amides is 2. The van der Waals surface area contributed by atoms with Gasteiger partial charge in [0.15, 0.2) is 10.8 Å². The molecule has 35 heavy (non-hydrogen) atoms. The van der Waals surface area contributed by atoms with Crippen LogP contribution in [0.2, 0.25) is 0 Å². The summed E-state index contributed by atoms with van der Waals surface area (Å²) in [6.07, 6.45) is 3.20. The van der Waals surface area contributed by atoms with Crippen molar-refractivity contribution >= 4 is 57.7 Å². The van der Waals surface area contributed by atoms with E-state index >= 15 is 0 Å². The maximum atomic E-state index is 13.1. The molecule has 1 saturated heterocycles. The van der Waals surface area contributed by atoms with Crippen LogP contribution in [0.1, 0.15) is 32.9 Å². The summed E-state index contributed by atoms with van der Waals surface area (Å²) in [5, 5.41) is 7.60. The van der Waals surface area contributed by atoms with Gasteiger partial charge >= 0.3 is 11.9 Å². The first-order valence-corrected chi connectivity index (χ1v) is 12.5. The Bertz CT molecular complexity index is 1110. The van der Waals surface area contributed by atoms with Crippen LogP contribution in [0.25, 0.3) is 0 Å². The van der Waals surface area contributed by atoms with E-state index in [2.05, 4.69) is 15.5 Å². The first-order valence-electron chi connectivity index (χ1n) is 10.5. The zero-order valence-corrected chi connectivity index (χ0v) is 21.1. The molecule has 188 valence electrons. The molecule has 12 nitrogen and oxygen atoms in total. The predicted octanol–water partition coefficient (Wildman–Crippen LogP) is 1.15. The number of β-lactam (4-membered cyclic amide) rings is 1. The van der Waals surface area contributed by atoms with E-state index in [0.717, 1.165) is 17.8 Å². The minimum absolute atomic E-state index is 0.0472. The van der Waals surface area contributed by atoms with Gasteiger partial charge in [-0.3, -0.25) is 19.3 Å². The second kappa shape index (κ2) is 11.4. The van der Waals surface area contributed by atoms with Gasteiger partial charge in [-0.2, -0.15) is 0 Å². The molecule has 3 heterocycles. The Morgan fingerprint density at radius 3 is 2.74 bits per heavy atom. The third-order valence-corrected chi connectivity index (χ3v) is 6.78. The number of hydrogen-bond acceptors (Lipinski definition) is 12. The highest BCUT2D eigenvalue weighted by Gasteiger charge is 2.54. The Morgan fingerprint density at radius 2 is 2.14 bits per heavy atom. The average Bonchev–Trinajstić information content (AvgIpc) is 3.23. The van der Waals surface area contributed by atoms with Gasteiger partial charge < -0.3 is 25.4 Å². The van der Waals surface area contributed by atoms with Gasteiger partial charge in [0, 0.05) is 25.0 Å². The molecule has 1 aromatic heterocycles. The molecule has 0 spiro atoms. The molecule has 3 N–H and O–H groups in total. The van der Waals surface area contributed by atoms with Crippen molar-refractivity contribution in [3.63, 3.8) is 0 Å². The van der Waals surface area contributed by atoms with E-state index in [1.807, 2.05) is 13.0 Å². The lowest BCUT2D eigenvalue weighted by atomic mass is 10.0. The molecule has 3 rings (SSSR count). The summed E-state index contributed by atoms with van der Waals surface area (Å²) in [4.78, 5) is 60.2. The largest absolute Gasteiger partial charge is 0.426 e. The van der Waals surface area contributed by atoms with Crippen LogP contribution in [0.5, 0.6) is 0 Å². The fourth-order valence-electron chi connectivity index (χ4n) is 3.39. The topological polar surface area (TPSA) is 163 Å². The van der Waals surface area contributed by atoms with Crippen molar-refractivity contribution in [3.05, 3.63) is 34.5 Å². The number of nitrogens with zero attached hydrogens (tertiary/aromatic N) is 3. The van der Waals surface area contributed by atoms with Gasteiger partial charge in [0.2, 0.25) is 6.29 Å². The number of rotatable bonds is 9.